The van der Waals surface area contributed by atoms with Gasteiger partial charge in [-0.25, -0.2) is 4.99 Å². The smallest absolute Gasteiger partial charge is 0.250 e. The molecule has 0 aliphatic heterocycles. The summed E-state index contributed by atoms with van der Waals surface area (Å²) in [5.74, 6) is -0.0630. The van der Waals surface area contributed by atoms with Gasteiger partial charge in [0.25, 0.3) is 5.91 Å². The third kappa shape index (κ3) is 3.88. The van der Waals surface area contributed by atoms with Crippen molar-refractivity contribution in [3.63, 3.8) is 0 Å². The molecule has 114 valence electrons. The fraction of sp³-hybridized carbons (Fsp3) is 0.316. The highest BCUT2D eigenvalue weighted by atomic mass is 16.1. The van der Waals surface area contributed by atoms with E-state index in [1.165, 1.54) is 0 Å². The first kappa shape index (κ1) is 16.1. The number of nitrogens with zero attached hydrogens (tertiary/aromatic N) is 1. The third-order valence-electron chi connectivity index (χ3n) is 3.67. The summed E-state index contributed by atoms with van der Waals surface area (Å²) < 4.78 is 0. The van der Waals surface area contributed by atoms with Gasteiger partial charge < -0.3 is 0 Å². The molecule has 0 saturated carbocycles. The van der Waals surface area contributed by atoms with Crippen molar-refractivity contribution in [3.8, 4) is 0 Å². The van der Waals surface area contributed by atoms with Crippen molar-refractivity contribution in [1.82, 2.24) is 0 Å². The van der Waals surface area contributed by atoms with E-state index in [2.05, 4.69) is 4.99 Å². The zero-order valence-corrected chi connectivity index (χ0v) is 13.5. The lowest BCUT2D eigenvalue weighted by Crippen LogP contribution is -2.17. The van der Waals surface area contributed by atoms with Gasteiger partial charge in [-0.1, -0.05) is 43.7 Å². The van der Waals surface area contributed by atoms with Crippen LogP contribution in [-0.4, -0.2) is 17.4 Å². The Labute approximate surface area is 131 Å². The van der Waals surface area contributed by atoms with Gasteiger partial charge in [0, 0.05) is 5.57 Å². The van der Waals surface area contributed by atoms with Crippen LogP contribution in [0.5, 0.6) is 0 Å². The van der Waals surface area contributed by atoms with E-state index in [9.17, 15) is 9.59 Å². The zero-order valence-electron chi connectivity index (χ0n) is 13.5. The number of carbonyl (C=O) groups excluding carboxylic acids is 2. The van der Waals surface area contributed by atoms with E-state index in [4.69, 9.17) is 0 Å². The predicted molar refractivity (Wildman–Crippen MR) is 89.0 cm³/mol. The standard InChI is InChI=1S/C19H21NO2/c1-12(2)16-11-17(14(4)9-18(16)21)20-19(22)10-15-7-5-13(3)6-8-15/h5-9,11-12H,10H2,1-4H3. The van der Waals surface area contributed by atoms with Crippen LogP contribution in [0.1, 0.15) is 31.9 Å². The maximum atomic E-state index is 12.1. The van der Waals surface area contributed by atoms with Crippen LogP contribution in [0.3, 0.4) is 0 Å². The van der Waals surface area contributed by atoms with Crippen LogP contribution in [0.2, 0.25) is 0 Å². The summed E-state index contributed by atoms with van der Waals surface area (Å²) >= 11 is 0. The molecule has 3 nitrogen and oxygen atoms in total. The van der Waals surface area contributed by atoms with Crippen molar-refractivity contribution in [2.45, 2.75) is 34.1 Å². The van der Waals surface area contributed by atoms with Crippen LogP contribution < -0.4 is 0 Å². The Morgan fingerprint density at radius 1 is 1.09 bits per heavy atom. The molecule has 1 amide bonds. The van der Waals surface area contributed by atoms with Crippen molar-refractivity contribution >= 4 is 17.4 Å². The highest BCUT2D eigenvalue weighted by Crippen LogP contribution is 2.19. The van der Waals surface area contributed by atoms with Crippen molar-refractivity contribution < 1.29 is 9.59 Å². The summed E-state index contributed by atoms with van der Waals surface area (Å²) in [5, 5.41) is 0. The Kier molecular flexibility index (Phi) is 4.86. The molecular weight excluding hydrogens is 274 g/mol. The second-order valence-electron chi connectivity index (χ2n) is 6.00. The minimum atomic E-state index is -0.194. The number of allylic oxidation sites excluding steroid dienone is 4. The molecule has 3 heteroatoms. The van der Waals surface area contributed by atoms with E-state index < -0.39 is 0 Å². The van der Waals surface area contributed by atoms with Gasteiger partial charge in [0.2, 0.25) is 0 Å². The Bertz CT molecular complexity index is 689. The Balaban J connectivity index is 2.20. The van der Waals surface area contributed by atoms with E-state index in [1.54, 1.807) is 12.2 Å². The first-order valence-corrected chi connectivity index (χ1v) is 7.48. The average Bonchev–Trinajstić information content (AvgIpc) is 2.44. The summed E-state index contributed by atoms with van der Waals surface area (Å²) in [7, 11) is 0. The maximum Gasteiger partial charge on any atom is 0.250 e. The van der Waals surface area contributed by atoms with Crippen LogP contribution in [0, 0.1) is 12.8 Å². The number of benzene rings is 1. The van der Waals surface area contributed by atoms with Crippen molar-refractivity contribution in [1.29, 1.82) is 0 Å². The van der Waals surface area contributed by atoms with Gasteiger partial charge in [0.1, 0.15) is 0 Å². The quantitative estimate of drug-likeness (QED) is 0.800. The second-order valence-corrected chi connectivity index (χ2v) is 6.00. The molecule has 0 heterocycles. The topological polar surface area (TPSA) is 46.5 Å². The molecule has 0 aromatic heterocycles. The molecule has 0 bridgehead atoms. The molecule has 1 aliphatic rings. The largest absolute Gasteiger partial charge is 0.290 e. The third-order valence-corrected chi connectivity index (χ3v) is 3.67. The number of hydrogen-bond donors (Lipinski definition) is 0. The summed E-state index contributed by atoms with van der Waals surface area (Å²) in [4.78, 5) is 28.2. The number of hydrogen-bond acceptors (Lipinski definition) is 2. The van der Waals surface area contributed by atoms with E-state index in [0.29, 0.717) is 11.3 Å². The maximum absolute atomic E-state index is 12.1. The summed E-state index contributed by atoms with van der Waals surface area (Å²) in [6.07, 6.45) is 3.58. The number of ketones is 1. The molecule has 0 atom stereocenters. The molecule has 0 spiro atoms. The van der Waals surface area contributed by atoms with Crippen molar-refractivity contribution in [3.05, 3.63) is 58.7 Å². The minimum absolute atomic E-state index is 0.0115. The monoisotopic (exact) mass is 295 g/mol. The molecule has 0 N–H and O–H groups in total. The molecule has 22 heavy (non-hydrogen) atoms. The molecule has 1 aliphatic carbocycles. The summed E-state index contributed by atoms with van der Waals surface area (Å²) in [6.45, 7) is 7.74. The molecule has 0 radical (unpaired) electrons. The Morgan fingerprint density at radius 2 is 1.73 bits per heavy atom. The first-order chi connectivity index (χ1) is 10.4. The number of rotatable bonds is 3. The van der Waals surface area contributed by atoms with E-state index in [-0.39, 0.29) is 24.0 Å². The average molecular weight is 295 g/mol. The van der Waals surface area contributed by atoms with Crippen LogP contribution >= 0.6 is 0 Å². The van der Waals surface area contributed by atoms with Gasteiger partial charge in [0.15, 0.2) is 5.78 Å². The van der Waals surface area contributed by atoms with Crippen molar-refractivity contribution in [2.75, 3.05) is 0 Å². The second kappa shape index (κ2) is 6.65. The van der Waals surface area contributed by atoms with Gasteiger partial charge in [-0.05, 0) is 43.1 Å². The SMILES string of the molecule is CC1=CC(=O)C(C(C)C)=CC1=NC(=O)Cc1ccc(C)cc1. The fourth-order valence-electron chi connectivity index (χ4n) is 2.31. The molecule has 1 aromatic rings. The highest BCUT2D eigenvalue weighted by Gasteiger charge is 2.19. The summed E-state index contributed by atoms with van der Waals surface area (Å²) in [5.41, 5.74) is 4.15. The number of aliphatic imine (C=N–C) groups is 1. The zero-order chi connectivity index (χ0) is 16.3. The lowest BCUT2D eigenvalue weighted by atomic mass is 9.90. The van der Waals surface area contributed by atoms with Crippen LogP contribution in [0.25, 0.3) is 0 Å². The Hall–Kier alpha value is -2.29. The molecule has 0 saturated heterocycles. The van der Waals surface area contributed by atoms with E-state index in [0.717, 1.165) is 16.7 Å². The molecule has 2 rings (SSSR count). The highest BCUT2D eigenvalue weighted by molar-refractivity contribution is 6.23. The van der Waals surface area contributed by atoms with Crippen LogP contribution in [-0.2, 0) is 16.0 Å². The van der Waals surface area contributed by atoms with Gasteiger partial charge >= 0.3 is 0 Å². The fourth-order valence-corrected chi connectivity index (χ4v) is 2.31. The van der Waals surface area contributed by atoms with Gasteiger partial charge in [-0.15, -0.1) is 0 Å². The van der Waals surface area contributed by atoms with Gasteiger partial charge in [0.05, 0.1) is 12.1 Å². The van der Waals surface area contributed by atoms with E-state index >= 15 is 0 Å². The summed E-state index contributed by atoms with van der Waals surface area (Å²) in [6, 6.07) is 7.85. The number of aryl methyl sites for hydroxylation is 1. The van der Waals surface area contributed by atoms with Gasteiger partial charge in [-0.3, -0.25) is 9.59 Å². The number of carbonyl (C=O) groups is 2. The lowest BCUT2D eigenvalue weighted by molar-refractivity contribution is -0.117. The normalized spacial score (nSPS) is 16.8. The van der Waals surface area contributed by atoms with Gasteiger partial charge in [-0.2, -0.15) is 0 Å². The molecular formula is C19H21NO2. The minimum Gasteiger partial charge on any atom is -0.290 e. The predicted octanol–water partition coefficient (Wildman–Crippen LogP) is 3.62. The molecule has 0 unspecified atom stereocenters. The Morgan fingerprint density at radius 3 is 2.32 bits per heavy atom. The molecule has 0 fully saturated rings. The number of amides is 1. The van der Waals surface area contributed by atoms with Crippen LogP contribution in [0.15, 0.2) is 52.6 Å². The van der Waals surface area contributed by atoms with Crippen LogP contribution in [0.4, 0.5) is 0 Å². The van der Waals surface area contributed by atoms with E-state index in [1.807, 2.05) is 52.0 Å². The lowest BCUT2D eigenvalue weighted by Gasteiger charge is -2.15. The van der Waals surface area contributed by atoms with Crippen molar-refractivity contribution in [2.24, 2.45) is 10.9 Å². The first-order valence-electron chi connectivity index (χ1n) is 7.48. The molecule has 1 aromatic carbocycles.